The van der Waals surface area contributed by atoms with Gasteiger partial charge in [-0.05, 0) is 36.5 Å². The molecule has 96 valence electrons. The lowest BCUT2D eigenvalue weighted by Crippen LogP contribution is -2.13. The van der Waals surface area contributed by atoms with Crippen LogP contribution in [-0.4, -0.2) is 20.5 Å². The topological polar surface area (TPSA) is 54.6 Å². The lowest BCUT2D eigenvalue weighted by Gasteiger charge is -2.16. The molecule has 0 aliphatic heterocycles. The minimum Gasteiger partial charge on any atom is -0.477 e. The van der Waals surface area contributed by atoms with Crippen molar-refractivity contribution in [3.05, 3.63) is 35.3 Å². The smallest absolute Gasteiger partial charge is 0.354 e. The number of hydrogen-bond acceptors (Lipinski definition) is 2. The summed E-state index contributed by atoms with van der Waals surface area (Å²) in [7, 11) is 0. The summed E-state index contributed by atoms with van der Waals surface area (Å²) in [5.74, 6) is -0.925. The highest BCUT2D eigenvalue weighted by atomic mass is 16.4. The molecular formula is C14H18N2O2. The van der Waals surface area contributed by atoms with Crippen molar-refractivity contribution in [3.63, 3.8) is 0 Å². The number of rotatable bonds is 2. The molecule has 0 bridgehead atoms. The number of hydrogen-bond donors (Lipinski definition) is 1. The molecular weight excluding hydrogens is 228 g/mol. The summed E-state index contributed by atoms with van der Waals surface area (Å²) in [6.07, 6.45) is 2.42. The normalized spacial score (nSPS) is 12.0. The van der Waals surface area contributed by atoms with Crippen molar-refractivity contribution in [2.75, 3.05) is 0 Å². The Kier molecular flexibility index (Phi) is 2.89. The largest absolute Gasteiger partial charge is 0.477 e. The van der Waals surface area contributed by atoms with Gasteiger partial charge < -0.3 is 5.11 Å². The Balaban J connectivity index is 2.65. The van der Waals surface area contributed by atoms with Gasteiger partial charge in [0, 0.05) is 6.20 Å². The van der Waals surface area contributed by atoms with Crippen molar-refractivity contribution in [1.29, 1.82) is 0 Å². The van der Waals surface area contributed by atoms with E-state index in [0.29, 0.717) is 17.8 Å². The number of aryl methyl sites for hydroxylation is 1. The van der Waals surface area contributed by atoms with Gasteiger partial charge in [0.2, 0.25) is 0 Å². The number of carbonyl (C=O) groups is 1. The van der Waals surface area contributed by atoms with E-state index in [1.807, 2.05) is 19.1 Å². The summed E-state index contributed by atoms with van der Waals surface area (Å²) in [5.41, 5.74) is 2.72. The molecule has 0 aliphatic carbocycles. The minimum atomic E-state index is -0.925. The van der Waals surface area contributed by atoms with Gasteiger partial charge in [-0.2, -0.15) is 0 Å². The predicted octanol–water partition coefficient (Wildman–Crippen LogP) is 2.93. The van der Waals surface area contributed by atoms with E-state index in [0.717, 1.165) is 5.56 Å². The number of nitrogens with zero attached hydrogens (tertiary/aromatic N) is 2. The Labute approximate surface area is 106 Å². The van der Waals surface area contributed by atoms with Gasteiger partial charge in [-0.25, -0.2) is 9.78 Å². The Morgan fingerprint density at radius 1 is 1.44 bits per heavy atom. The molecule has 0 aromatic carbocycles. The van der Waals surface area contributed by atoms with Crippen molar-refractivity contribution in [2.45, 2.75) is 34.1 Å². The molecule has 2 rings (SSSR count). The summed E-state index contributed by atoms with van der Waals surface area (Å²) < 4.78 is 1.65. The molecule has 0 saturated heterocycles. The molecule has 2 aromatic heterocycles. The summed E-state index contributed by atoms with van der Waals surface area (Å²) in [6.45, 7) is 8.20. The standard InChI is InChI=1S/C14H18N2O2/c1-9-5-6-16-11(7-9)15-10(8-14(2,3)4)12(16)13(17)18/h5-7H,8H2,1-4H3,(H,17,18). The van der Waals surface area contributed by atoms with Crippen LogP contribution in [0.4, 0.5) is 0 Å². The van der Waals surface area contributed by atoms with Crippen molar-refractivity contribution < 1.29 is 9.90 Å². The van der Waals surface area contributed by atoms with E-state index < -0.39 is 5.97 Å². The molecule has 18 heavy (non-hydrogen) atoms. The number of carboxylic acids is 1. The summed E-state index contributed by atoms with van der Waals surface area (Å²) >= 11 is 0. The summed E-state index contributed by atoms with van der Waals surface area (Å²) in [4.78, 5) is 15.9. The number of aromatic nitrogens is 2. The van der Waals surface area contributed by atoms with Crippen LogP contribution in [0.3, 0.4) is 0 Å². The fraction of sp³-hybridized carbons (Fsp3) is 0.429. The molecule has 0 unspecified atom stereocenters. The first-order chi connectivity index (χ1) is 8.28. The molecule has 2 heterocycles. The van der Waals surface area contributed by atoms with Gasteiger partial charge in [0.15, 0.2) is 5.69 Å². The van der Waals surface area contributed by atoms with Crippen molar-refractivity contribution in [1.82, 2.24) is 9.38 Å². The third kappa shape index (κ3) is 2.37. The Morgan fingerprint density at radius 3 is 2.67 bits per heavy atom. The maximum absolute atomic E-state index is 11.4. The van der Waals surface area contributed by atoms with Gasteiger partial charge in [0.1, 0.15) is 5.65 Å². The maximum Gasteiger partial charge on any atom is 0.354 e. The zero-order chi connectivity index (χ0) is 13.5. The predicted molar refractivity (Wildman–Crippen MR) is 70.0 cm³/mol. The second-order valence-corrected chi connectivity index (χ2v) is 5.88. The minimum absolute atomic E-state index is 0.0111. The molecule has 0 atom stereocenters. The van der Waals surface area contributed by atoms with Gasteiger partial charge in [-0.3, -0.25) is 4.40 Å². The Hall–Kier alpha value is -1.84. The first kappa shape index (κ1) is 12.6. The molecule has 0 spiro atoms. The molecule has 0 saturated carbocycles. The van der Waals surface area contributed by atoms with Crippen molar-refractivity contribution >= 4 is 11.6 Å². The van der Waals surface area contributed by atoms with Crippen LogP contribution < -0.4 is 0 Å². The van der Waals surface area contributed by atoms with Crippen LogP contribution in [0, 0.1) is 12.3 Å². The molecule has 0 radical (unpaired) electrons. The molecule has 0 fully saturated rings. The molecule has 0 aliphatic rings. The first-order valence-electron chi connectivity index (χ1n) is 5.99. The van der Waals surface area contributed by atoms with Gasteiger partial charge in [-0.1, -0.05) is 20.8 Å². The number of fused-ring (bicyclic) bond motifs is 1. The second-order valence-electron chi connectivity index (χ2n) is 5.88. The third-order valence-corrected chi connectivity index (χ3v) is 2.75. The van der Waals surface area contributed by atoms with Gasteiger partial charge in [0.25, 0.3) is 0 Å². The number of pyridine rings is 1. The number of imidazole rings is 1. The summed E-state index contributed by atoms with van der Waals surface area (Å²) in [6, 6.07) is 3.79. The average molecular weight is 246 g/mol. The monoisotopic (exact) mass is 246 g/mol. The third-order valence-electron chi connectivity index (χ3n) is 2.75. The van der Waals surface area contributed by atoms with E-state index in [9.17, 15) is 9.90 Å². The first-order valence-corrected chi connectivity index (χ1v) is 5.99. The maximum atomic E-state index is 11.4. The molecule has 4 heteroatoms. The lowest BCUT2D eigenvalue weighted by atomic mass is 9.90. The van der Waals surface area contributed by atoms with Gasteiger partial charge in [-0.15, -0.1) is 0 Å². The molecule has 0 amide bonds. The highest BCUT2D eigenvalue weighted by Crippen LogP contribution is 2.24. The van der Waals surface area contributed by atoms with Crippen molar-refractivity contribution in [2.24, 2.45) is 5.41 Å². The lowest BCUT2D eigenvalue weighted by molar-refractivity contribution is 0.0687. The van der Waals surface area contributed by atoms with E-state index in [1.54, 1.807) is 10.6 Å². The van der Waals surface area contributed by atoms with Crippen LogP contribution in [0.5, 0.6) is 0 Å². The Morgan fingerprint density at radius 2 is 2.11 bits per heavy atom. The highest BCUT2D eigenvalue weighted by molar-refractivity contribution is 5.88. The van der Waals surface area contributed by atoms with E-state index in [2.05, 4.69) is 25.8 Å². The van der Waals surface area contributed by atoms with Crippen LogP contribution in [0.25, 0.3) is 5.65 Å². The van der Waals surface area contributed by atoms with Crippen LogP contribution in [0.15, 0.2) is 18.3 Å². The number of aromatic carboxylic acids is 1. The van der Waals surface area contributed by atoms with Crippen LogP contribution >= 0.6 is 0 Å². The van der Waals surface area contributed by atoms with E-state index in [4.69, 9.17) is 0 Å². The van der Waals surface area contributed by atoms with Gasteiger partial charge >= 0.3 is 5.97 Å². The van der Waals surface area contributed by atoms with Crippen LogP contribution in [0.1, 0.15) is 42.5 Å². The van der Waals surface area contributed by atoms with E-state index in [-0.39, 0.29) is 11.1 Å². The zero-order valence-corrected chi connectivity index (χ0v) is 11.2. The van der Waals surface area contributed by atoms with Crippen LogP contribution in [0.2, 0.25) is 0 Å². The zero-order valence-electron chi connectivity index (χ0n) is 11.2. The quantitative estimate of drug-likeness (QED) is 0.886. The SMILES string of the molecule is Cc1ccn2c(C(=O)O)c(CC(C)(C)C)nc2c1. The number of carboxylic acid groups (broad SMARTS) is 1. The average Bonchev–Trinajstić information content (AvgIpc) is 2.51. The van der Waals surface area contributed by atoms with Crippen LogP contribution in [-0.2, 0) is 6.42 Å². The second kappa shape index (κ2) is 4.12. The fourth-order valence-electron chi connectivity index (χ4n) is 2.05. The van der Waals surface area contributed by atoms with Gasteiger partial charge in [0.05, 0.1) is 5.69 Å². The fourth-order valence-corrected chi connectivity index (χ4v) is 2.05. The summed E-state index contributed by atoms with van der Waals surface area (Å²) in [5, 5.41) is 9.36. The molecule has 2 aromatic rings. The molecule has 4 nitrogen and oxygen atoms in total. The van der Waals surface area contributed by atoms with E-state index >= 15 is 0 Å². The van der Waals surface area contributed by atoms with Crippen molar-refractivity contribution in [3.8, 4) is 0 Å². The Bertz CT molecular complexity index is 606. The highest BCUT2D eigenvalue weighted by Gasteiger charge is 2.22. The molecule has 1 N–H and O–H groups in total. The van der Waals surface area contributed by atoms with E-state index in [1.165, 1.54) is 0 Å².